The third-order valence-corrected chi connectivity index (χ3v) is 3.49. The molecule has 0 N–H and O–H groups in total. The van der Waals surface area contributed by atoms with Gasteiger partial charge in [-0.3, -0.25) is 4.99 Å². The van der Waals surface area contributed by atoms with Gasteiger partial charge >= 0.3 is 0 Å². The smallest absolute Gasteiger partial charge is 0.0992 e. The van der Waals surface area contributed by atoms with E-state index < -0.39 is 0 Å². The molecule has 1 aliphatic heterocycles. The Balaban J connectivity index is 2.64. The van der Waals surface area contributed by atoms with Crippen LogP contribution in [0.3, 0.4) is 0 Å². The van der Waals surface area contributed by atoms with Crippen molar-refractivity contribution < 1.29 is 0 Å². The van der Waals surface area contributed by atoms with Gasteiger partial charge in [0.1, 0.15) is 0 Å². The number of aryl methyl sites for hydroxylation is 1. The summed E-state index contributed by atoms with van der Waals surface area (Å²) in [5.41, 5.74) is 4.17. The van der Waals surface area contributed by atoms with E-state index in [2.05, 4.69) is 18.0 Å². The van der Waals surface area contributed by atoms with Gasteiger partial charge in [-0.05, 0) is 38.5 Å². The summed E-state index contributed by atoms with van der Waals surface area (Å²) in [6.07, 6.45) is 0. The van der Waals surface area contributed by atoms with Crippen LogP contribution in [0.25, 0.3) is 0 Å². The lowest BCUT2D eigenvalue weighted by Gasteiger charge is -2.20. The summed E-state index contributed by atoms with van der Waals surface area (Å²) in [7, 11) is 0. The number of aliphatic imine (C=N–C) groups is 1. The molecule has 2 rings (SSSR count). The number of hydrogen-bond donors (Lipinski definition) is 0. The fraction of sp³-hybridized carbons (Fsp3) is 0.333. The third kappa shape index (κ3) is 1.78. The van der Waals surface area contributed by atoms with Crippen molar-refractivity contribution in [3.05, 3.63) is 28.8 Å². The maximum atomic E-state index is 8.91. The van der Waals surface area contributed by atoms with Crippen molar-refractivity contribution in [3.8, 4) is 6.07 Å². The van der Waals surface area contributed by atoms with Gasteiger partial charge in [0.05, 0.1) is 17.0 Å². The maximum absolute atomic E-state index is 8.91. The fourth-order valence-electron chi connectivity index (χ4n) is 1.92. The lowest BCUT2D eigenvalue weighted by molar-refractivity contribution is 1.02. The van der Waals surface area contributed by atoms with Crippen molar-refractivity contribution in [2.75, 3.05) is 0 Å². The van der Waals surface area contributed by atoms with Crippen LogP contribution in [0.2, 0.25) is 0 Å². The van der Waals surface area contributed by atoms with Crippen molar-refractivity contribution in [1.82, 2.24) is 0 Å². The van der Waals surface area contributed by atoms with Crippen LogP contribution in [0.15, 0.2) is 22.0 Å². The minimum atomic E-state index is 0.255. The lowest BCUT2D eigenvalue weighted by atomic mass is 10.0. The first-order chi connectivity index (χ1) is 7.11. The quantitative estimate of drug-likeness (QED) is 0.668. The molecular formula is C12H12N2S. The monoisotopic (exact) mass is 216 g/mol. The predicted molar refractivity (Wildman–Crippen MR) is 63.4 cm³/mol. The Bertz CT molecular complexity index is 483. The van der Waals surface area contributed by atoms with Gasteiger partial charge in [-0.15, -0.1) is 0 Å². The van der Waals surface area contributed by atoms with E-state index in [-0.39, 0.29) is 5.37 Å². The number of nitriles is 1. The average Bonchev–Trinajstić information content (AvgIpc) is 2.15. The number of nitrogens with zero attached hydrogens (tertiary/aromatic N) is 2. The molecule has 1 heterocycles. The van der Waals surface area contributed by atoms with Gasteiger partial charge in [0.25, 0.3) is 0 Å². The van der Waals surface area contributed by atoms with E-state index in [1.165, 1.54) is 10.5 Å². The molecule has 1 unspecified atom stereocenters. The molecular weight excluding hydrogens is 204 g/mol. The summed E-state index contributed by atoms with van der Waals surface area (Å²) in [6.45, 7) is 6.15. The maximum Gasteiger partial charge on any atom is 0.0992 e. The summed E-state index contributed by atoms with van der Waals surface area (Å²) in [5, 5.41) is 9.16. The van der Waals surface area contributed by atoms with E-state index in [1.807, 2.05) is 26.0 Å². The SMILES string of the molecule is CC1=NC(C)Sc2cc(C#N)cc(C)c21. The van der Waals surface area contributed by atoms with Gasteiger partial charge < -0.3 is 0 Å². The highest BCUT2D eigenvalue weighted by atomic mass is 32.2. The molecule has 1 aromatic carbocycles. The van der Waals surface area contributed by atoms with Crippen LogP contribution in [0.5, 0.6) is 0 Å². The molecule has 0 bridgehead atoms. The number of rotatable bonds is 0. The molecule has 0 aliphatic carbocycles. The van der Waals surface area contributed by atoms with Crippen LogP contribution < -0.4 is 0 Å². The van der Waals surface area contributed by atoms with Gasteiger partial charge in [-0.25, -0.2) is 0 Å². The Morgan fingerprint density at radius 2 is 2.13 bits per heavy atom. The Labute approximate surface area is 94.0 Å². The summed E-state index contributed by atoms with van der Waals surface area (Å²) >= 11 is 1.72. The van der Waals surface area contributed by atoms with Crippen molar-refractivity contribution in [3.63, 3.8) is 0 Å². The molecule has 1 aliphatic rings. The first-order valence-electron chi connectivity index (χ1n) is 4.88. The second kappa shape index (κ2) is 3.71. The molecule has 2 nitrogen and oxygen atoms in total. The lowest BCUT2D eigenvalue weighted by Crippen LogP contribution is -2.11. The average molecular weight is 216 g/mol. The van der Waals surface area contributed by atoms with E-state index in [0.717, 1.165) is 16.8 Å². The van der Waals surface area contributed by atoms with Crippen LogP contribution in [0, 0.1) is 18.3 Å². The summed E-state index contributed by atoms with van der Waals surface area (Å²) < 4.78 is 0. The molecule has 3 heteroatoms. The topological polar surface area (TPSA) is 36.1 Å². The van der Waals surface area contributed by atoms with Crippen molar-refractivity contribution >= 4 is 17.5 Å². The molecule has 76 valence electrons. The third-order valence-electron chi connectivity index (χ3n) is 2.46. The summed E-state index contributed by atoms with van der Waals surface area (Å²) in [6, 6.07) is 6.08. The molecule has 1 atom stereocenters. The van der Waals surface area contributed by atoms with Crippen LogP contribution in [0.4, 0.5) is 0 Å². The number of benzene rings is 1. The molecule has 0 amide bonds. The van der Waals surface area contributed by atoms with Gasteiger partial charge in [0, 0.05) is 16.2 Å². The molecule has 0 aromatic heterocycles. The number of hydrogen-bond acceptors (Lipinski definition) is 3. The first kappa shape index (κ1) is 10.3. The highest BCUT2D eigenvalue weighted by Crippen LogP contribution is 2.35. The predicted octanol–water partition coefficient (Wildman–Crippen LogP) is 3.13. The molecule has 0 radical (unpaired) electrons. The van der Waals surface area contributed by atoms with Crippen molar-refractivity contribution in [2.24, 2.45) is 4.99 Å². The highest BCUT2D eigenvalue weighted by molar-refractivity contribution is 8.00. The zero-order chi connectivity index (χ0) is 11.0. The van der Waals surface area contributed by atoms with Gasteiger partial charge in [0.15, 0.2) is 0 Å². The number of thioether (sulfide) groups is 1. The second-order valence-corrected chi connectivity index (χ2v) is 5.07. The zero-order valence-corrected chi connectivity index (χ0v) is 9.85. The van der Waals surface area contributed by atoms with E-state index in [9.17, 15) is 0 Å². The zero-order valence-electron chi connectivity index (χ0n) is 9.03. The Morgan fingerprint density at radius 3 is 2.80 bits per heavy atom. The van der Waals surface area contributed by atoms with Gasteiger partial charge in [-0.1, -0.05) is 11.8 Å². The number of fused-ring (bicyclic) bond motifs is 1. The minimum absolute atomic E-state index is 0.255. The first-order valence-corrected chi connectivity index (χ1v) is 5.76. The highest BCUT2D eigenvalue weighted by Gasteiger charge is 2.18. The van der Waals surface area contributed by atoms with Crippen LogP contribution in [0.1, 0.15) is 30.5 Å². The second-order valence-electron chi connectivity index (χ2n) is 3.71. The fourth-order valence-corrected chi connectivity index (χ4v) is 3.12. The Kier molecular flexibility index (Phi) is 2.54. The summed E-state index contributed by atoms with van der Waals surface area (Å²) in [4.78, 5) is 5.72. The van der Waals surface area contributed by atoms with Gasteiger partial charge in [0.2, 0.25) is 0 Å². The van der Waals surface area contributed by atoms with Crippen LogP contribution in [-0.2, 0) is 0 Å². The normalized spacial score (nSPS) is 19.1. The van der Waals surface area contributed by atoms with Crippen molar-refractivity contribution in [1.29, 1.82) is 5.26 Å². The molecule has 15 heavy (non-hydrogen) atoms. The van der Waals surface area contributed by atoms with E-state index >= 15 is 0 Å². The molecule has 0 saturated heterocycles. The molecule has 1 aromatic rings. The molecule has 0 saturated carbocycles. The van der Waals surface area contributed by atoms with Crippen LogP contribution >= 0.6 is 11.8 Å². The van der Waals surface area contributed by atoms with E-state index in [1.54, 1.807) is 11.8 Å². The van der Waals surface area contributed by atoms with Crippen LogP contribution in [-0.4, -0.2) is 11.1 Å². The molecule has 0 spiro atoms. The van der Waals surface area contributed by atoms with E-state index in [4.69, 9.17) is 5.26 Å². The van der Waals surface area contributed by atoms with Gasteiger partial charge in [-0.2, -0.15) is 5.26 Å². The minimum Gasteiger partial charge on any atom is -0.275 e. The van der Waals surface area contributed by atoms with E-state index in [0.29, 0.717) is 0 Å². The standard InChI is InChI=1S/C12H12N2S/c1-7-4-10(6-13)5-11-12(7)8(2)14-9(3)15-11/h4-5,9H,1-3H3. The van der Waals surface area contributed by atoms with Crippen molar-refractivity contribution in [2.45, 2.75) is 31.0 Å². The largest absolute Gasteiger partial charge is 0.275 e. The Hall–Kier alpha value is -1.27. The summed E-state index contributed by atoms with van der Waals surface area (Å²) in [5.74, 6) is 0. The molecule has 0 fully saturated rings. The Morgan fingerprint density at radius 1 is 1.40 bits per heavy atom.